The van der Waals surface area contributed by atoms with Crippen LogP contribution >= 0.6 is 23.2 Å². The van der Waals surface area contributed by atoms with Crippen molar-refractivity contribution in [2.45, 2.75) is 13.0 Å². The molecule has 0 aromatic heterocycles. The molecule has 0 fully saturated rings. The number of anilines is 2. The minimum absolute atomic E-state index is 0.271. The lowest BCUT2D eigenvalue weighted by Crippen LogP contribution is -2.30. The summed E-state index contributed by atoms with van der Waals surface area (Å²) in [6.45, 7) is 1.64. The van der Waals surface area contributed by atoms with Crippen molar-refractivity contribution in [3.63, 3.8) is 0 Å². The fourth-order valence-corrected chi connectivity index (χ4v) is 2.81. The van der Waals surface area contributed by atoms with Crippen LogP contribution in [0.2, 0.25) is 10.0 Å². The molecule has 1 unspecified atom stereocenters. The Labute approximate surface area is 178 Å². The smallest absolute Gasteiger partial charge is 0.265 e. The molecule has 0 bridgehead atoms. The van der Waals surface area contributed by atoms with Crippen LogP contribution in [0.25, 0.3) is 0 Å². The Morgan fingerprint density at radius 2 is 1.52 bits per heavy atom. The third-order valence-electron chi connectivity index (χ3n) is 3.99. The molecule has 0 radical (unpaired) electrons. The third kappa shape index (κ3) is 5.98. The molecule has 148 valence electrons. The Morgan fingerprint density at radius 1 is 0.828 bits per heavy atom. The Kier molecular flexibility index (Phi) is 6.75. The number of rotatable bonds is 6. The summed E-state index contributed by atoms with van der Waals surface area (Å²) in [5, 5.41) is 6.65. The molecule has 5 nitrogen and oxygen atoms in total. The number of nitrogens with one attached hydrogen (secondary N) is 2. The lowest BCUT2D eigenvalue weighted by Gasteiger charge is -2.15. The summed E-state index contributed by atoms with van der Waals surface area (Å²) in [4.78, 5) is 24.6. The summed E-state index contributed by atoms with van der Waals surface area (Å²) < 4.78 is 5.65. The standard InChI is InChI=1S/C22H18Cl2N2O3/c1-14(21(27)25-18-9-7-16(23)8-10-18)29-20-11-5-15(6-12-20)22(28)26-19-4-2-3-17(24)13-19/h2-14H,1H3,(H,25,27)(H,26,28). The van der Waals surface area contributed by atoms with Gasteiger partial charge in [-0.15, -0.1) is 0 Å². The molecule has 29 heavy (non-hydrogen) atoms. The predicted molar refractivity (Wildman–Crippen MR) is 116 cm³/mol. The molecule has 3 rings (SSSR count). The summed E-state index contributed by atoms with van der Waals surface area (Å²) in [5.74, 6) is -0.0921. The number of hydrogen-bond acceptors (Lipinski definition) is 3. The molecule has 2 N–H and O–H groups in total. The van der Waals surface area contributed by atoms with E-state index in [1.54, 1.807) is 79.7 Å². The quantitative estimate of drug-likeness (QED) is 0.532. The largest absolute Gasteiger partial charge is 0.481 e. The molecule has 7 heteroatoms. The number of amides is 2. The van der Waals surface area contributed by atoms with Crippen LogP contribution in [0.3, 0.4) is 0 Å². The molecule has 2 amide bonds. The lowest BCUT2D eigenvalue weighted by atomic mass is 10.2. The minimum Gasteiger partial charge on any atom is -0.481 e. The van der Waals surface area contributed by atoms with Gasteiger partial charge in [0.2, 0.25) is 0 Å². The normalized spacial score (nSPS) is 11.4. The first-order valence-corrected chi connectivity index (χ1v) is 9.56. The van der Waals surface area contributed by atoms with Gasteiger partial charge in [0.25, 0.3) is 11.8 Å². The molecule has 1 atom stereocenters. The highest BCUT2D eigenvalue weighted by Crippen LogP contribution is 2.19. The van der Waals surface area contributed by atoms with Gasteiger partial charge in [-0.3, -0.25) is 9.59 Å². The molecule has 0 saturated heterocycles. The SMILES string of the molecule is CC(Oc1ccc(C(=O)Nc2cccc(Cl)c2)cc1)C(=O)Nc1ccc(Cl)cc1. The Bertz CT molecular complexity index is 1010. The predicted octanol–water partition coefficient (Wildman–Crippen LogP) is 5.65. The average molecular weight is 429 g/mol. The van der Waals surface area contributed by atoms with Gasteiger partial charge in [-0.1, -0.05) is 29.3 Å². The van der Waals surface area contributed by atoms with Gasteiger partial charge >= 0.3 is 0 Å². The van der Waals surface area contributed by atoms with Gasteiger partial charge in [0, 0.05) is 27.0 Å². The van der Waals surface area contributed by atoms with Gasteiger partial charge in [-0.25, -0.2) is 0 Å². The molecular formula is C22H18Cl2N2O3. The van der Waals surface area contributed by atoms with Crippen LogP contribution in [-0.4, -0.2) is 17.9 Å². The van der Waals surface area contributed by atoms with Crippen molar-refractivity contribution in [1.82, 2.24) is 0 Å². The van der Waals surface area contributed by atoms with Crippen molar-refractivity contribution < 1.29 is 14.3 Å². The molecule has 0 spiro atoms. The summed E-state index contributed by atoms with van der Waals surface area (Å²) in [7, 11) is 0. The van der Waals surface area contributed by atoms with E-state index >= 15 is 0 Å². The molecule has 3 aromatic carbocycles. The van der Waals surface area contributed by atoms with Gasteiger partial charge in [0.15, 0.2) is 6.10 Å². The molecule has 0 aliphatic heterocycles. The zero-order chi connectivity index (χ0) is 20.8. The molecule has 3 aromatic rings. The van der Waals surface area contributed by atoms with Crippen LogP contribution < -0.4 is 15.4 Å². The van der Waals surface area contributed by atoms with E-state index in [4.69, 9.17) is 27.9 Å². The van der Waals surface area contributed by atoms with Crippen LogP contribution in [0, 0.1) is 0 Å². The second-order valence-corrected chi connectivity index (χ2v) is 7.12. The zero-order valence-electron chi connectivity index (χ0n) is 15.5. The molecule has 0 saturated carbocycles. The second kappa shape index (κ2) is 9.45. The average Bonchev–Trinajstić information content (AvgIpc) is 2.70. The van der Waals surface area contributed by atoms with Crippen LogP contribution in [0.1, 0.15) is 17.3 Å². The van der Waals surface area contributed by atoms with Crippen molar-refractivity contribution in [2.75, 3.05) is 10.6 Å². The van der Waals surface area contributed by atoms with Crippen molar-refractivity contribution in [2.24, 2.45) is 0 Å². The fraction of sp³-hybridized carbons (Fsp3) is 0.0909. The van der Waals surface area contributed by atoms with Crippen LogP contribution in [0.5, 0.6) is 5.75 Å². The van der Waals surface area contributed by atoms with Gasteiger partial charge in [0.05, 0.1) is 0 Å². The zero-order valence-corrected chi connectivity index (χ0v) is 17.0. The number of carbonyl (C=O) groups excluding carboxylic acids is 2. The Morgan fingerprint density at radius 3 is 2.17 bits per heavy atom. The maximum Gasteiger partial charge on any atom is 0.265 e. The lowest BCUT2D eigenvalue weighted by molar-refractivity contribution is -0.122. The number of ether oxygens (including phenoxy) is 1. The summed E-state index contributed by atoms with van der Waals surface area (Å²) in [6, 6.07) is 20.2. The topological polar surface area (TPSA) is 67.4 Å². The molecule has 0 aliphatic rings. The van der Waals surface area contributed by atoms with Crippen LogP contribution in [0.15, 0.2) is 72.8 Å². The molecule has 0 aliphatic carbocycles. The van der Waals surface area contributed by atoms with Gasteiger partial charge in [-0.05, 0) is 73.7 Å². The first kappa shape index (κ1) is 20.7. The van der Waals surface area contributed by atoms with Gasteiger partial charge in [-0.2, -0.15) is 0 Å². The van der Waals surface area contributed by atoms with Crippen LogP contribution in [-0.2, 0) is 4.79 Å². The van der Waals surface area contributed by atoms with Crippen LogP contribution in [0.4, 0.5) is 11.4 Å². The van der Waals surface area contributed by atoms with Crippen molar-refractivity contribution in [1.29, 1.82) is 0 Å². The highest BCUT2D eigenvalue weighted by molar-refractivity contribution is 6.31. The summed E-state index contributed by atoms with van der Waals surface area (Å²) >= 11 is 11.8. The van der Waals surface area contributed by atoms with Crippen molar-refractivity contribution >= 4 is 46.4 Å². The van der Waals surface area contributed by atoms with Gasteiger partial charge in [0.1, 0.15) is 5.75 Å². The number of halogens is 2. The Balaban J connectivity index is 1.57. The number of benzene rings is 3. The molecular weight excluding hydrogens is 411 g/mol. The summed E-state index contributed by atoms with van der Waals surface area (Å²) in [6.07, 6.45) is -0.725. The number of hydrogen-bond donors (Lipinski definition) is 2. The minimum atomic E-state index is -0.725. The monoisotopic (exact) mass is 428 g/mol. The Hall–Kier alpha value is -3.02. The van der Waals surface area contributed by atoms with E-state index in [1.165, 1.54) is 0 Å². The summed E-state index contributed by atoms with van der Waals surface area (Å²) in [5.41, 5.74) is 1.69. The maximum atomic E-state index is 12.3. The van der Waals surface area contributed by atoms with Crippen molar-refractivity contribution in [3.05, 3.63) is 88.4 Å². The highest BCUT2D eigenvalue weighted by atomic mass is 35.5. The first-order valence-electron chi connectivity index (χ1n) is 8.81. The number of carbonyl (C=O) groups is 2. The fourth-order valence-electron chi connectivity index (χ4n) is 2.49. The second-order valence-electron chi connectivity index (χ2n) is 6.25. The van der Waals surface area contributed by atoms with Gasteiger partial charge < -0.3 is 15.4 Å². The highest BCUT2D eigenvalue weighted by Gasteiger charge is 2.15. The molecule has 0 heterocycles. The van der Waals surface area contributed by atoms with E-state index in [9.17, 15) is 9.59 Å². The van der Waals surface area contributed by atoms with E-state index in [0.29, 0.717) is 32.7 Å². The van der Waals surface area contributed by atoms with E-state index in [2.05, 4.69) is 10.6 Å². The van der Waals surface area contributed by atoms with E-state index in [-0.39, 0.29) is 11.8 Å². The third-order valence-corrected chi connectivity index (χ3v) is 4.48. The maximum absolute atomic E-state index is 12.3. The first-order chi connectivity index (χ1) is 13.9. The van der Waals surface area contributed by atoms with E-state index in [1.807, 2.05) is 0 Å². The van der Waals surface area contributed by atoms with E-state index < -0.39 is 6.10 Å². The van der Waals surface area contributed by atoms with Crippen molar-refractivity contribution in [3.8, 4) is 5.75 Å². The van der Waals surface area contributed by atoms with E-state index in [0.717, 1.165) is 0 Å².